The summed E-state index contributed by atoms with van der Waals surface area (Å²) in [5, 5.41) is 5.66. The maximum Gasteiger partial charge on any atom is 0.322 e. The molecule has 4 aromatic rings. The molecule has 0 aliphatic rings. The number of nitrogens with one attached hydrogen (secondary N) is 2. The molecule has 2 aromatic heterocycles. The number of carbonyl (C=O) groups is 1. The molecule has 7 nitrogen and oxygen atoms in total. The number of hydrogen-bond donors (Lipinski definition) is 2. The molecule has 0 atom stereocenters. The SMILES string of the molecule is COc1cc2cc(CN(Cc3cccs3)C(=O)Nc3ccccc3)c(=O)[nH]c2cc1OC. The molecule has 0 bridgehead atoms. The van der Waals surface area contributed by atoms with E-state index < -0.39 is 0 Å². The first-order valence-electron chi connectivity index (χ1n) is 9.98. The molecule has 0 saturated heterocycles. The second-order valence-corrected chi connectivity index (χ2v) is 8.18. The first-order chi connectivity index (χ1) is 15.6. The zero-order valence-electron chi connectivity index (χ0n) is 17.8. The van der Waals surface area contributed by atoms with Gasteiger partial charge in [-0.3, -0.25) is 4.79 Å². The van der Waals surface area contributed by atoms with Crippen molar-refractivity contribution in [2.75, 3.05) is 19.5 Å². The molecule has 0 aliphatic heterocycles. The molecule has 0 unspecified atom stereocenters. The Balaban J connectivity index is 1.66. The summed E-state index contributed by atoms with van der Waals surface area (Å²) in [4.78, 5) is 31.4. The minimum atomic E-state index is -0.281. The van der Waals surface area contributed by atoms with Crippen molar-refractivity contribution in [2.24, 2.45) is 0 Å². The van der Waals surface area contributed by atoms with Crippen LogP contribution in [0.2, 0.25) is 0 Å². The number of fused-ring (bicyclic) bond motifs is 1. The number of ether oxygens (including phenoxy) is 2. The third-order valence-corrected chi connectivity index (χ3v) is 5.89. The van der Waals surface area contributed by atoms with E-state index in [1.54, 1.807) is 48.7 Å². The molecule has 4 rings (SSSR count). The van der Waals surface area contributed by atoms with Crippen LogP contribution in [0.5, 0.6) is 11.5 Å². The minimum absolute atomic E-state index is 0.149. The Morgan fingerprint density at radius 1 is 1.00 bits per heavy atom. The molecule has 0 radical (unpaired) electrons. The highest BCUT2D eigenvalue weighted by Gasteiger charge is 2.18. The molecule has 2 aromatic carbocycles. The summed E-state index contributed by atoms with van der Waals surface area (Å²) in [5.41, 5.74) is 1.55. The maximum absolute atomic E-state index is 13.1. The van der Waals surface area contributed by atoms with E-state index in [1.807, 2.05) is 47.8 Å². The van der Waals surface area contributed by atoms with Gasteiger partial charge in [-0.05, 0) is 35.7 Å². The molecule has 0 spiro atoms. The Kier molecular flexibility index (Phi) is 6.42. The van der Waals surface area contributed by atoms with Crippen LogP contribution in [0.15, 0.2) is 70.8 Å². The van der Waals surface area contributed by atoms with Crippen molar-refractivity contribution in [1.82, 2.24) is 9.88 Å². The van der Waals surface area contributed by atoms with E-state index in [4.69, 9.17) is 9.47 Å². The number of hydrogen-bond acceptors (Lipinski definition) is 5. The van der Waals surface area contributed by atoms with Crippen LogP contribution < -0.4 is 20.3 Å². The average molecular weight is 450 g/mol. The number of H-pyrrole nitrogens is 1. The van der Waals surface area contributed by atoms with Crippen LogP contribution in [-0.2, 0) is 13.1 Å². The second kappa shape index (κ2) is 9.57. The van der Waals surface area contributed by atoms with Gasteiger partial charge in [0.2, 0.25) is 0 Å². The number of pyridine rings is 1. The number of aromatic amines is 1. The molecule has 0 fully saturated rings. The van der Waals surface area contributed by atoms with E-state index in [9.17, 15) is 9.59 Å². The van der Waals surface area contributed by atoms with Gasteiger partial charge in [0.1, 0.15) is 0 Å². The van der Waals surface area contributed by atoms with Gasteiger partial charge in [-0.25, -0.2) is 4.79 Å². The van der Waals surface area contributed by atoms with E-state index in [0.29, 0.717) is 34.8 Å². The topological polar surface area (TPSA) is 83.7 Å². The fraction of sp³-hybridized carbons (Fsp3) is 0.167. The van der Waals surface area contributed by atoms with Gasteiger partial charge < -0.3 is 24.7 Å². The van der Waals surface area contributed by atoms with Gasteiger partial charge in [0.15, 0.2) is 11.5 Å². The summed E-state index contributed by atoms with van der Waals surface area (Å²) in [7, 11) is 3.11. The molecule has 2 heterocycles. The molecular weight excluding hydrogens is 426 g/mol. The lowest BCUT2D eigenvalue weighted by molar-refractivity contribution is 0.207. The van der Waals surface area contributed by atoms with Gasteiger partial charge in [-0.2, -0.15) is 0 Å². The fourth-order valence-electron chi connectivity index (χ4n) is 3.42. The summed E-state index contributed by atoms with van der Waals surface area (Å²) < 4.78 is 10.7. The number of methoxy groups -OCH3 is 2. The van der Waals surface area contributed by atoms with Gasteiger partial charge in [0.25, 0.3) is 5.56 Å². The van der Waals surface area contributed by atoms with Gasteiger partial charge >= 0.3 is 6.03 Å². The molecule has 0 aliphatic carbocycles. The minimum Gasteiger partial charge on any atom is -0.493 e. The number of anilines is 1. The molecule has 0 saturated carbocycles. The van der Waals surface area contributed by atoms with Gasteiger partial charge in [0, 0.05) is 27.6 Å². The number of thiophene rings is 1. The van der Waals surface area contributed by atoms with E-state index >= 15 is 0 Å². The summed E-state index contributed by atoms with van der Waals surface area (Å²) in [6.45, 7) is 0.538. The Morgan fingerprint density at radius 3 is 2.44 bits per heavy atom. The maximum atomic E-state index is 13.1. The lowest BCUT2D eigenvalue weighted by Gasteiger charge is -2.22. The number of carbonyl (C=O) groups excluding carboxylic acids is 1. The Bertz CT molecular complexity index is 1270. The quantitative estimate of drug-likeness (QED) is 0.423. The molecule has 164 valence electrons. The number of nitrogens with zero attached hydrogens (tertiary/aromatic N) is 1. The number of rotatable bonds is 7. The van der Waals surface area contributed by atoms with Crippen LogP contribution in [0, 0.1) is 0 Å². The van der Waals surface area contributed by atoms with Crippen molar-refractivity contribution >= 4 is 34.0 Å². The third kappa shape index (κ3) is 4.76. The first-order valence-corrected chi connectivity index (χ1v) is 10.9. The highest BCUT2D eigenvalue weighted by atomic mass is 32.1. The van der Waals surface area contributed by atoms with Gasteiger partial charge in [-0.15, -0.1) is 11.3 Å². The van der Waals surface area contributed by atoms with Crippen molar-refractivity contribution in [1.29, 1.82) is 0 Å². The van der Waals surface area contributed by atoms with E-state index in [2.05, 4.69) is 10.3 Å². The number of para-hydroxylation sites is 1. The molecule has 8 heteroatoms. The van der Waals surface area contributed by atoms with E-state index in [-0.39, 0.29) is 18.1 Å². The monoisotopic (exact) mass is 449 g/mol. The van der Waals surface area contributed by atoms with Crippen LogP contribution in [0.1, 0.15) is 10.4 Å². The lowest BCUT2D eigenvalue weighted by Crippen LogP contribution is -2.35. The van der Waals surface area contributed by atoms with Crippen LogP contribution in [0.25, 0.3) is 10.9 Å². The zero-order chi connectivity index (χ0) is 22.5. The van der Waals surface area contributed by atoms with Crippen LogP contribution >= 0.6 is 11.3 Å². The Hall–Kier alpha value is -3.78. The second-order valence-electron chi connectivity index (χ2n) is 7.15. The van der Waals surface area contributed by atoms with Crippen molar-refractivity contribution < 1.29 is 14.3 Å². The highest BCUT2D eigenvalue weighted by Crippen LogP contribution is 2.31. The van der Waals surface area contributed by atoms with Crippen molar-refractivity contribution in [3.63, 3.8) is 0 Å². The van der Waals surface area contributed by atoms with Gasteiger partial charge in [-0.1, -0.05) is 24.3 Å². The normalized spacial score (nSPS) is 10.7. The number of aromatic nitrogens is 1. The average Bonchev–Trinajstić information content (AvgIpc) is 3.32. The van der Waals surface area contributed by atoms with Crippen molar-refractivity contribution in [3.05, 3.63) is 86.8 Å². The summed E-state index contributed by atoms with van der Waals surface area (Å²) in [6, 6.07) is 18.2. The number of amides is 2. The molecular formula is C24H23N3O4S. The molecule has 32 heavy (non-hydrogen) atoms. The standard InChI is InChI=1S/C24H23N3O4S/c1-30-21-12-16-11-17(23(28)26-20(16)13-22(21)31-2)14-27(15-19-9-6-10-32-19)24(29)25-18-7-4-3-5-8-18/h3-13H,14-15H2,1-2H3,(H,25,29)(H,26,28). The number of urea groups is 1. The number of benzene rings is 2. The lowest BCUT2D eigenvalue weighted by atomic mass is 10.1. The largest absolute Gasteiger partial charge is 0.493 e. The van der Waals surface area contributed by atoms with Crippen LogP contribution in [0.3, 0.4) is 0 Å². The van der Waals surface area contributed by atoms with Crippen LogP contribution in [0.4, 0.5) is 10.5 Å². The molecule has 2 N–H and O–H groups in total. The smallest absolute Gasteiger partial charge is 0.322 e. The fourth-order valence-corrected chi connectivity index (χ4v) is 4.13. The molecule has 2 amide bonds. The van der Waals surface area contributed by atoms with Gasteiger partial charge in [0.05, 0.1) is 32.8 Å². The Morgan fingerprint density at radius 2 is 1.75 bits per heavy atom. The third-order valence-electron chi connectivity index (χ3n) is 5.03. The summed E-state index contributed by atoms with van der Waals surface area (Å²) in [6.07, 6.45) is 0. The summed E-state index contributed by atoms with van der Waals surface area (Å²) in [5.74, 6) is 1.10. The highest BCUT2D eigenvalue weighted by molar-refractivity contribution is 7.09. The van der Waals surface area contributed by atoms with Crippen LogP contribution in [-0.4, -0.2) is 30.1 Å². The summed E-state index contributed by atoms with van der Waals surface area (Å²) >= 11 is 1.56. The zero-order valence-corrected chi connectivity index (χ0v) is 18.6. The first kappa shape index (κ1) is 21.5. The van der Waals surface area contributed by atoms with E-state index in [1.165, 1.54) is 0 Å². The van der Waals surface area contributed by atoms with Crippen molar-refractivity contribution in [2.45, 2.75) is 13.1 Å². The van der Waals surface area contributed by atoms with Crippen molar-refractivity contribution in [3.8, 4) is 11.5 Å². The predicted molar refractivity (Wildman–Crippen MR) is 127 cm³/mol. The van der Waals surface area contributed by atoms with E-state index in [0.717, 1.165) is 10.3 Å². The predicted octanol–water partition coefficient (Wildman–Crippen LogP) is 4.84. The Labute approximate surface area is 189 Å².